The SMILES string of the molecule is COCC1CN(C(=O)c2cc(N3CCCC3=O)ccc2F)CCO1. The van der Waals surface area contributed by atoms with Crippen LogP contribution in [0.25, 0.3) is 0 Å². The highest BCUT2D eigenvalue weighted by molar-refractivity contribution is 5.99. The predicted molar refractivity (Wildman–Crippen MR) is 85.5 cm³/mol. The van der Waals surface area contributed by atoms with Crippen molar-refractivity contribution in [2.24, 2.45) is 0 Å². The van der Waals surface area contributed by atoms with Crippen LogP contribution < -0.4 is 4.90 Å². The maximum absolute atomic E-state index is 14.2. The molecule has 0 bridgehead atoms. The predicted octanol–water partition coefficient (Wildman–Crippen LogP) is 1.44. The third-order valence-electron chi connectivity index (χ3n) is 4.34. The summed E-state index contributed by atoms with van der Waals surface area (Å²) in [5.74, 6) is -0.956. The van der Waals surface area contributed by atoms with Crippen LogP contribution in [0.2, 0.25) is 0 Å². The second-order valence-electron chi connectivity index (χ2n) is 6.01. The molecule has 1 aromatic carbocycles. The van der Waals surface area contributed by atoms with E-state index in [9.17, 15) is 14.0 Å². The molecule has 130 valence electrons. The molecule has 2 aliphatic heterocycles. The number of methoxy groups -OCH3 is 1. The summed E-state index contributed by atoms with van der Waals surface area (Å²) in [5, 5.41) is 0. The molecule has 2 amide bonds. The zero-order valence-electron chi connectivity index (χ0n) is 13.7. The lowest BCUT2D eigenvalue weighted by molar-refractivity contribution is -0.117. The zero-order chi connectivity index (χ0) is 17.1. The summed E-state index contributed by atoms with van der Waals surface area (Å²) < 4.78 is 24.8. The summed E-state index contributed by atoms with van der Waals surface area (Å²) in [5.41, 5.74) is 0.564. The number of carbonyl (C=O) groups is 2. The smallest absolute Gasteiger partial charge is 0.257 e. The molecule has 1 atom stereocenters. The van der Waals surface area contributed by atoms with Crippen LogP contribution in [0.1, 0.15) is 23.2 Å². The highest BCUT2D eigenvalue weighted by Crippen LogP contribution is 2.25. The molecule has 0 N–H and O–H groups in total. The van der Waals surface area contributed by atoms with Gasteiger partial charge in [0.15, 0.2) is 0 Å². The first-order valence-electron chi connectivity index (χ1n) is 8.10. The Morgan fingerprint density at radius 1 is 1.42 bits per heavy atom. The van der Waals surface area contributed by atoms with Gasteiger partial charge in [0, 0.05) is 38.9 Å². The number of ether oxygens (including phenoxy) is 2. The van der Waals surface area contributed by atoms with Gasteiger partial charge < -0.3 is 19.3 Å². The second-order valence-corrected chi connectivity index (χ2v) is 6.01. The first-order chi connectivity index (χ1) is 11.6. The molecule has 0 aromatic heterocycles. The number of carbonyl (C=O) groups excluding carboxylic acids is 2. The quantitative estimate of drug-likeness (QED) is 0.835. The minimum atomic E-state index is -0.579. The number of anilines is 1. The summed E-state index contributed by atoms with van der Waals surface area (Å²) in [6.45, 7) is 2.15. The molecule has 3 rings (SSSR count). The van der Waals surface area contributed by atoms with Gasteiger partial charge in [0.1, 0.15) is 5.82 Å². The number of amides is 2. The Kier molecular flexibility index (Phi) is 5.11. The molecule has 2 heterocycles. The van der Waals surface area contributed by atoms with E-state index in [4.69, 9.17) is 9.47 Å². The summed E-state index contributed by atoms with van der Waals surface area (Å²) in [6.07, 6.45) is 1.06. The maximum Gasteiger partial charge on any atom is 0.257 e. The first-order valence-corrected chi connectivity index (χ1v) is 8.10. The largest absolute Gasteiger partial charge is 0.382 e. The van der Waals surface area contributed by atoms with Crippen LogP contribution in [0.5, 0.6) is 0 Å². The lowest BCUT2D eigenvalue weighted by Gasteiger charge is -2.32. The van der Waals surface area contributed by atoms with Gasteiger partial charge in [0.2, 0.25) is 5.91 Å². The van der Waals surface area contributed by atoms with Gasteiger partial charge in [-0.15, -0.1) is 0 Å². The zero-order valence-corrected chi connectivity index (χ0v) is 13.7. The Hall–Kier alpha value is -1.99. The van der Waals surface area contributed by atoms with Gasteiger partial charge in [-0.3, -0.25) is 9.59 Å². The monoisotopic (exact) mass is 336 g/mol. The average Bonchev–Trinajstić information content (AvgIpc) is 3.01. The van der Waals surface area contributed by atoms with Gasteiger partial charge in [-0.1, -0.05) is 0 Å². The van der Waals surface area contributed by atoms with Crippen LogP contribution in [0, 0.1) is 5.82 Å². The van der Waals surface area contributed by atoms with Crippen molar-refractivity contribution in [3.63, 3.8) is 0 Å². The first kappa shape index (κ1) is 16.9. The van der Waals surface area contributed by atoms with E-state index in [0.717, 1.165) is 6.42 Å². The number of benzene rings is 1. The van der Waals surface area contributed by atoms with Gasteiger partial charge in [0.25, 0.3) is 5.91 Å². The molecule has 2 fully saturated rings. The van der Waals surface area contributed by atoms with Crippen molar-refractivity contribution < 1.29 is 23.5 Å². The molecule has 0 aliphatic carbocycles. The fourth-order valence-electron chi connectivity index (χ4n) is 3.13. The van der Waals surface area contributed by atoms with Crippen LogP contribution in [-0.4, -0.2) is 62.8 Å². The Balaban J connectivity index is 1.80. The minimum Gasteiger partial charge on any atom is -0.382 e. The number of hydrogen-bond donors (Lipinski definition) is 0. The van der Waals surface area contributed by atoms with E-state index >= 15 is 0 Å². The molecule has 0 saturated carbocycles. The highest BCUT2D eigenvalue weighted by atomic mass is 19.1. The van der Waals surface area contributed by atoms with Crippen LogP contribution in [0.4, 0.5) is 10.1 Å². The highest BCUT2D eigenvalue weighted by Gasteiger charge is 2.28. The van der Waals surface area contributed by atoms with E-state index < -0.39 is 5.82 Å². The Morgan fingerprint density at radius 3 is 2.96 bits per heavy atom. The standard InChI is InChI=1S/C17H21FN2O4/c1-23-11-13-10-19(7-8-24-13)17(22)14-9-12(4-5-15(14)18)20-6-2-3-16(20)21/h4-5,9,13H,2-3,6-8,10-11H2,1H3. The van der Waals surface area contributed by atoms with Crippen molar-refractivity contribution in [3.05, 3.63) is 29.6 Å². The van der Waals surface area contributed by atoms with Crippen molar-refractivity contribution in [1.29, 1.82) is 0 Å². The Bertz CT molecular complexity index is 635. The van der Waals surface area contributed by atoms with E-state index in [0.29, 0.717) is 45.0 Å². The van der Waals surface area contributed by atoms with Gasteiger partial charge in [-0.2, -0.15) is 0 Å². The lowest BCUT2D eigenvalue weighted by Crippen LogP contribution is -2.47. The molecule has 6 nitrogen and oxygen atoms in total. The number of halogens is 1. The molecule has 24 heavy (non-hydrogen) atoms. The van der Waals surface area contributed by atoms with Crippen molar-refractivity contribution in [1.82, 2.24) is 4.90 Å². The second kappa shape index (κ2) is 7.27. The van der Waals surface area contributed by atoms with Crippen LogP contribution in [0.15, 0.2) is 18.2 Å². The number of hydrogen-bond acceptors (Lipinski definition) is 4. The van der Waals surface area contributed by atoms with Gasteiger partial charge in [0.05, 0.1) is 24.9 Å². The van der Waals surface area contributed by atoms with Gasteiger partial charge >= 0.3 is 0 Å². The van der Waals surface area contributed by atoms with E-state index in [1.807, 2.05) is 0 Å². The fraction of sp³-hybridized carbons (Fsp3) is 0.529. The maximum atomic E-state index is 14.2. The van der Waals surface area contributed by atoms with E-state index in [2.05, 4.69) is 0 Å². The Labute approximate surface area is 140 Å². The molecular weight excluding hydrogens is 315 g/mol. The summed E-state index contributed by atoms with van der Waals surface area (Å²) >= 11 is 0. The van der Waals surface area contributed by atoms with Crippen molar-refractivity contribution >= 4 is 17.5 Å². The Morgan fingerprint density at radius 2 is 2.25 bits per heavy atom. The normalized spacial score (nSPS) is 21.4. The molecule has 2 saturated heterocycles. The number of morpholine rings is 1. The third-order valence-corrected chi connectivity index (χ3v) is 4.34. The molecule has 7 heteroatoms. The van der Waals surface area contributed by atoms with Gasteiger partial charge in [-0.25, -0.2) is 4.39 Å². The average molecular weight is 336 g/mol. The van der Waals surface area contributed by atoms with Crippen LogP contribution in [0.3, 0.4) is 0 Å². The van der Waals surface area contributed by atoms with Gasteiger partial charge in [-0.05, 0) is 24.6 Å². The molecule has 1 unspecified atom stereocenters. The molecule has 1 aromatic rings. The van der Waals surface area contributed by atoms with Crippen molar-refractivity contribution in [2.45, 2.75) is 18.9 Å². The van der Waals surface area contributed by atoms with Crippen molar-refractivity contribution in [2.75, 3.05) is 44.9 Å². The summed E-state index contributed by atoms with van der Waals surface area (Å²) in [6, 6.07) is 4.27. The summed E-state index contributed by atoms with van der Waals surface area (Å²) in [7, 11) is 1.57. The minimum absolute atomic E-state index is 0.00605. The molecule has 0 spiro atoms. The van der Waals surface area contributed by atoms with Crippen LogP contribution >= 0.6 is 0 Å². The molecule has 0 radical (unpaired) electrons. The number of rotatable bonds is 4. The summed E-state index contributed by atoms with van der Waals surface area (Å²) in [4.78, 5) is 27.7. The molecular formula is C17H21FN2O4. The van der Waals surface area contributed by atoms with Crippen LogP contribution in [-0.2, 0) is 14.3 Å². The van der Waals surface area contributed by atoms with E-state index in [1.165, 1.54) is 12.1 Å². The van der Waals surface area contributed by atoms with E-state index in [1.54, 1.807) is 23.0 Å². The lowest BCUT2D eigenvalue weighted by atomic mass is 10.1. The number of nitrogens with zero attached hydrogens (tertiary/aromatic N) is 2. The third kappa shape index (κ3) is 3.42. The van der Waals surface area contributed by atoms with E-state index in [-0.39, 0.29) is 23.5 Å². The molecule has 2 aliphatic rings. The fourth-order valence-corrected chi connectivity index (χ4v) is 3.13. The topological polar surface area (TPSA) is 59.1 Å². The van der Waals surface area contributed by atoms with Crippen molar-refractivity contribution in [3.8, 4) is 0 Å².